The van der Waals surface area contributed by atoms with E-state index >= 15 is 0 Å². The second-order valence-electron chi connectivity index (χ2n) is 4.85. The van der Waals surface area contributed by atoms with E-state index in [-0.39, 0.29) is 12.0 Å². The minimum absolute atomic E-state index is 0.0680. The van der Waals surface area contributed by atoms with Gasteiger partial charge in [0.25, 0.3) is 0 Å². The van der Waals surface area contributed by atoms with Crippen molar-refractivity contribution in [2.24, 2.45) is 0 Å². The fraction of sp³-hybridized carbons (Fsp3) is 0.357. The van der Waals surface area contributed by atoms with Crippen molar-refractivity contribution >= 4 is 40.2 Å². The van der Waals surface area contributed by atoms with Crippen LogP contribution in [0.4, 0.5) is 0 Å². The fourth-order valence-electron chi connectivity index (χ4n) is 1.90. The second-order valence-corrected chi connectivity index (χ2v) is 7.58. The summed E-state index contributed by atoms with van der Waals surface area (Å²) in [6, 6.07) is 7.83. The van der Waals surface area contributed by atoms with Gasteiger partial charge in [0, 0.05) is 9.75 Å². The molecule has 2 aromatic heterocycles. The molecule has 1 N–H and O–H groups in total. The Hall–Kier alpha value is -0.880. The number of rotatable bonds is 5. The largest absolute Gasteiger partial charge is 0.468 e. The van der Waals surface area contributed by atoms with Crippen molar-refractivity contribution in [3.8, 4) is 0 Å². The molecule has 0 fully saturated rings. The highest BCUT2D eigenvalue weighted by Gasteiger charge is 2.33. The highest BCUT2D eigenvalue weighted by Crippen LogP contribution is 2.34. The molecule has 20 heavy (non-hydrogen) atoms. The van der Waals surface area contributed by atoms with E-state index in [1.165, 1.54) is 18.4 Å². The Kier molecular flexibility index (Phi) is 4.86. The van der Waals surface area contributed by atoms with Crippen molar-refractivity contribution in [1.29, 1.82) is 0 Å². The van der Waals surface area contributed by atoms with Gasteiger partial charge in [0.05, 0.1) is 17.5 Å². The maximum atomic E-state index is 11.9. The van der Waals surface area contributed by atoms with Crippen LogP contribution < -0.4 is 5.32 Å². The van der Waals surface area contributed by atoms with Crippen molar-refractivity contribution in [3.05, 3.63) is 43.7 Å². The van der Waals surface area contributed by atoms with Gasteiger partial charge in [0.1, 0.15) is 5.54 Å². The van der Waals surface area contributed by atoms with Crippen LogP contribution in [0.5, 0.6) is 0 Å². The van der Waals surface area contributed by atoms with Gasteiger partial charge >= 0.3 is 5.97 Å². The van der Waals surface area contributed by atoms with Gasteiger partial charge < -0.3 is 4.74 Å². The van der Waals surface area contributed by atoms with Gasteiger partial charge in [-0.25, -0.2) is 0 Å². The molecule has 0 amide bonds. The van der Waals surface area contributed by atoms with Crippen LogP contribution in [0.25, 0.3) is 0 Å². The number of carbonyl (C=O) groups is 1. The molecule has 0 aliphatic rings. The number of hydrogen-bond donors (Lipinski definition) is 1. The minimum Gasteiger partial charge on any atom is -0.468 e. The molecule has 2 heterocycles. The lowest BCUT2D eigenvalue weighted by Crippen LogP contribution is -2.49. The van der Waals surface area contributed by atoms with E-state index in [2.05, 4.69) is 5.32 Å². The van der Waals surface area contributed by atoms with Crippen LogP contribution in [0.1, 0.15) is 29.6 Å². The molecule has 0 saturated carbocycles. The number of esters is 1. The molecule has 3 nitrogen and oxygen atoms in total. The van der Waals surface area contributed by atoms with Crippen LogP contribution in [0.15, 0.2) is 29.6 Å². The van der Waals surface area contributed by atoms with Crippen molar-refractivity contribution in [1.82, 2.24) is 5.32 Å². The molecule has 6 heteroatoms. The Morgan fingerprint density at radius 2 is 2.10 bits per heavy atom. The fourth-order valence-corrected chi connectivity index (χ4v) is 3.90. The van der Waals surface area contributed by atoms with Crippen LogP contribution in [-0.4, -0.2) is 18.6 Å². The molecule has 0 spiro atoms. The van der Waals surface area contributed by atoms with Gasteiger partial charge in [-0.3, -0.25) is 10.1 Å². The van der Waals surface area contributed by atoms with E-state index < -0.39 is 5.54 Å². The molecule has 0 radical (unpaired) electrons. The standard InChI is InChI=1S/C14H16ClNO2S2/c1-14(2,13(17)18-3)16-12(9-5-4-8-19-9)10-6-7-11(15)20-10/h4-8,12,16H,1-3H3. The van der Waals surface area contributed by atoms with Crippen LogP contribution in [0.3, 0.4) is 0 Å². The van der Waals surface area contributed by atoms with E-state index in [0.29, 0.717) is 0 Å². The molecule has 0 aliphatic heterocycles. The van der Waals surface area contributed by atoms with Crippen molar-refractivity contribution in [3.63, 3.8) is 0 Å². The van der Waals surface area contributed by atoms with Gasteiger partial charge in [-0.2, -0.15) is 0 Å². The zero-order valence-corrected chi connectivity index (χ0v) is 13.9. The summed E-state index contributed by atoms with van der Waals surface area (Å²) in [6.45, 7) is 3.63. The van der Waals surface area contributed by atoms with E-state index in [1.54, 1.807) is 11.3 Å². The third-order valence-electron chi connectivity index (χ3n) is 2.91. The van der Waals surface area contributed by atoms with E-state index in [9.17, 15) is 4.79 Å². The minimum atomic E-state index is -0.778. The summed E-state index contributed by atoms with van der Waals surface area (Å²) >= 11 is 9.19. The quantitative estimate of drug-likeness (QED) is 0.839. The Morgan fingerprint density at radius 1 is 1.35 bits per heavy atom. The Balaban J connectivity index is 2.31. The van der Waals surface area contributed by atoms with Crippen molar-refractivity contribution in [2.45, 2.75) is 25.4 Å². The summed E-state index contributed by atoms with van der Waals surface area (Å²) in [4.78, 5) is 14.1. The SMILES string of the molecule is COC(=O)C(C)(C)NC(c1cccs1)c1ccc(Cl)s1. The number of carbonyl (C=O) groups excluding carboxylic acids is 1. The monoisotopic (exact) mass is 329 g/mol. The zero-order chi connectivity index (χ0) is 14.8. The van der Waals surface area contributed by atoms with Gasteiger partial charge in [0.2, 0.25) is 0 Å². The van der Waals surface area contributed by atoms with Gasteiger partial charge in [-0.15, -0.1) is 22.7 Å². The van der Waals surface area contributed by atoms with E-state index in [4.69, 9.17) is 16.3 Å². The second kappa shape index (κ2) is 6.26. The molecule has 0 aliphatic carbocycles. The van der Waals surface area contributed by atoms with Gasteiger partial charge in [-0.1, -0.05) is 17.7 Å². The third-order valence-corrected chi connectivity index (χ3v) is 5.14. The normalized spacial score (nSPS) is 13.2. The maximum absolute atomic E-state index is 11.9. The Bertz CT molecular complexity index is 578. The molecule has 108 valence electrons. The summed E-state index contributed by atoms with van der Waals surface area (Å²) in [6.07, 6.45) is 0. The highest BCUT2D eigenvalue weighted by atomic mass is 35.5. The molecule has 0 bridgehead atoms. The van der Waals surface area contributed by atoms with Crippen LogP contribution in [-0.2, 0) is 9.53 Å². The first kappa shape index (κ1) is 15.5. The first-order valence-corrected chi connectivity index (χ1v) is 8.16. The summed E-state index contributed by atoms with van der Waals surface area (Å²) in [5.41, 5.74) is -0.778. The van der Waals surface area contributed by atoms with Crippen LogP contribution in [0, 0.1) is 0 Å². The predicted octanol–water partition coefficient (Wildman–Crippen LogP) is 4.09. The summed E-state index contributed by atoms with van der Waals surface area (Å²) < 4.78 is 5.59. The number of thiophene rings is 2. The van der Waals surface area contributed by atoms with Gasteiger partial charge in [-0.05, 0) is 37.4 Å². The molecular weight excluding hydrogens is 314 g/mol. The molecule has 1 unspecified atom stereocenters. The summed E-state index contributed by atoms with van der Waals surface area (Å²) in [5, 5.41) is 5.38. The lowest BCUT2D eigenvalue weighted by Gasteiger charge is -2.28. The summed E-state index contributed by atoms with van der Waals surface area (Å²) in [7, 11) is 1.40. The molecule has 1 atom stereocenters. The third kappa shape index (κ3) is 3.41. The smallest absolute Gasteiger partial charge is 0.325 e. The van der Waals surface area contributed by atoms with Crippen molar-refractivity contribution < 1.29 is 9.53 Å². The first-order valence-electron chi connectivity index (χ1n) is 6.09. The topological polar surface area (TPSA) is 38.3 Å². The Morgan fingerprint density at radius 3 is 2.60 bits per heavy atom. The Labute approximate surface area is 131 Å². The maximum Gasteiger partial charge on any atom is 0.325 e. The van der Waals surface area contributed by atoms with Crippen molar-refractivity contribution in [2.75, 3.05) is 7.11 Å². The number of nitrogens with one attached hydrogen (secondary N) is 1. The molecule has 0 aromatic carbocycles. The van der Waals surface area contributed by atoms with E-state index in [0.717, 1.165) is 14.1 Å². The average Bonchev–Trinajstić information content (AvgIpc) is 3.06. The lowest BCUT2D eigenvalue weighted by molar-refractivity contribution is -0.147. The van der Waals surface area contributed by atoms with Crippen LogP contribution in [0.2, 0.25) is 4.34 Å². The molecule has 0 saturated heterocycles. The molecular formula is C14H16ClNO2S2. The molecule has 2 rings (SSSR count). The molecule has 2 aromatic rings. The average molecular weight is 330 g/mol. The number of ether oxygens (including phenoxy) is 1. The number of hydrogen-bond acceptors (Lipinski definition) is 5. The predicted molar refractivity (Wildman–Crippen MR) is 84.7 cm³/mol. The first-order chi connectivity index (χ1) is 9.44. The number of halogens is 1. The summed E-state index contributed by atoms with van der Waals surface area (Å²) in [5.74, 6) is -0.290. The van der Waals surface area contributed by atoms with E-state index in [1.807, 2.05) is 43.5 Å². The number of methoxy groups -OCH3 is 1. The van der Waals surface area contributed by atoms with Gasteiger partial charge in [0.15, 0.2) is 0 Å². The zero-order valence-electron chi connectivity index (χ0n) is 11.5. The lowest BCUT2D eigenvalue weighted by atomic mass is 10.0. The highest BCUT2D eigenvalue weighted by molar-refractivity contribution is 7.16. The van der Waals surface area contributed by atoms with Crippen LogP contribution >= 0.6 is 34.3 Å².